The monoisotopic (exact) mass is 393 g/mol. The van der Waals surface area contributed by atoms with Crippen LogP contribution in [-0.4, -0.2) is 28.0 Å². The molecule has 0 bridgehead atoms. The van der Waals surface area contributed by atoms with Gasteiger partial charge in [-0.15, -0.1) is 0 Å². The minimum absolute atomic E-state index is 0.0697. The molecule has 0 unspecified atom stereocenters. The Hall–Kier alpha value is -3.72. The highest BCUT2D eigenvalue weighted by atomic mass is 16.6. The third kappa shape index (κ3) is 6.15. The Balaban J connectivity index is 2.32. The van der Waals surface area contributed by atoms with Crippen LogP contribution in [0.2, 0.25) is 0 Å². The van der Waals surface area contributed by atoms with E-state index in [1.54, 1.807) is 4.90 Å². The molecule has 0 spiro atoms. The molecule has 1 aromatic heterocycles. The second-order valence-corrected chi connectivity index (χ2v) is 6.38. The summed E-state index contributed by atoms with van der Waals surface area (Å²) in [6, 6.07) is 11.7. The SMILES string of the molecule is CCCCc1ccc(Nc2ncnc(N(CCC#N)CCC#N)c2[N+](=O)[O-])cc1. The average molecular weight is 393 g/mol. The lowest BCUT2D eigenvalue weighted by atomic mass is 10.1. The molecule has 0 saturated heterocycles. The first-order chi connectivity index (χ1) is 14.1. The van der Waals surface area contributed by atoms with E-state index in [0.717, 1.165) is 19.3 Å². The van der Waals surface area contributed by atoms with Gasteiger partial charge in [-0.25, -0.2) is 9.97 Å². The van der Waals surface area contributed by atoms with Gasteiger partial charge in [-0.1, -0.05) is 25.5 Å². The first-order valence-corrected chi connectivity index (χ1v) is 9.44. The summed E-state index contributed by atoms with van der Waals surface area (Å²) < 4.78 is 0. The van der Waals surface area contributed by atoms with E-state index in [1.165, 1.54) is 11.9 Å². The summed E-state index contributed by atoms with van der Waals surface area (Å²) in [5, 5.41) is 32.5. The van der Waals surface area contributed by atoms with Crippen LogP contribution in [0.15, 0.2) is 30.6 Å². The predicted octanol–water partition coefficient (Wildman–Crippen LogP) is 4.10. The molecule has 2 aromatic rings. The van der Waals surface area contributed by atoms with Gasteiger partial charge in [0.2, 0.25) is 11.6 Å². The number of nitriles is 2. The van der Waals surface area contributed by atoms with Crippen molar-refractivity contribution in [2.75, 3.05) is 23.3 Å². The summed E-state index contributed by atoms with van der Waals surface area (Å²) in [5.41, 5.74) is 1.60. The van der Waals surface area contributed by atoms with Gasteiger partial charge in [-0.05, 0) is 30.5 Å². The van der Waals surface area contributed by atoms with Crippen molar-refractivity contribution < 1.29 is 4.92 Å². The number of benzene rings is 1. The molecule has 9 heteroatoms. The molecule has 0 aliphatic heterocycles. The Morgan fingerprint density at radius 2 is 1.79 bits per heavy atom. The fraction of sp³-hybridized carbons (Fsp3) is 0.400. The number of aryl methyl sites for hydroxylation is 1. The molecular weight excluding hydrogens is 370 g/mol. The topological polar surface area (TPSA) is 132 Å². The summed E-state index contributed by atoms with van der Waals surface area (Å²) in [6.07, 6.45) is 4.77. The minimum Gasteiger partial charge on any atom is -0.349 e. The number of aromatic nitrogens is 2. The second-order valence-electron chi connectivity index (χ2n) is 6.38. The molecule has 29 heavy (non-hydrogen) atoms. The van der Waals surface area contributed by atoms with Gasteiger partial charge < -0.3 is 10.2 Å². The van der Waals surface area contributed by atoms with E-state index >= 15 is 0 Å². The minimum atomic E-state index is -0.543. The predicted molar refractivity (Wildman–Crippen MR) is 110 cm³/mol. The van der Waals surface area contributed by atoms with Crippen LogP contribution in [0.4, 0.5) is 23.0 Å². The molecule has 0 atom stereocenters. The Morgan fingerprint density at radius 1 is 1.14 bits per heavy atom. The van der Waals surface area contributed by atoms with E-state index < -0.39 is 4.92 Å². The molecule has 1 N–H and O–H groups in total. The van der Waals surface area contributed by atoms with Gasteiger partial charge in [0.25, 0.3) is 0 Å². The third-order valence-corrected chi connectivity index (χ3v) is 4.31. The smallest absolute Gasteiger partial charge is 0.349 e. The Labute approximate surface area is 169 Å². The van der Waals surface area contributed by atoms with E-state index in [4.69, 9.17) is 10.5 Å². The molecule has 0 aliphatic rings. The maximum atomic E-state index is 11.8. The maximum absolute atomic E-state index is 11.8. The van der Waals surface area contributed by atoms with Gasteiger partial charge in [0.05, 0.1) is 29.9 Å². The van der Waals surface area contributed by atoms with Crippen LogP contribution in [0.25, 0.3) is 0 Å². The van der Waals surface area contributed by atoms with Crippen LogP contribution < -0.4 is 10.2 Å². The summed E-state index contributed by atoms with van der Waals surface area (Å²) in [4.78, 5) is 20.9. The first-order valence-electron chi connectivity index (χ1n) is 9.44. The van der Waals surface area contributed by atoms with E-state index in [2.05, 4.69) is 22.2 Å². The molecule has 1 aromatic carbocycles. The number of nitro groups is 1. The quantitative estimate of drug-likeness (QED) is 0.445. The van der Waals surface area contributed by atoms with E-state index in [0.29, 0.717) is 5.69 Å². The van der Waals surface area contributed by atoms with Crippen LogP contribution in [0, 0.1) is 32.8 Å². The number of nitrogens with zero attached hydrogens (tertiary/aromatic N) is 6. The zero-order valence-electron chi connectivity index (χ0n) is 16.3. The fourth-order valence-corrected chi connectivity index (χ4v) is 2.83. The zero-order chi connectivity index (χ0) is 21.1. The van der Waals surface area contributed by atoms with Crippen molar-refractivity contribution in [2.24, 2.45) is 0 Å². The largest absolute Gasteiger partial charge is 0.353 e. The lowest BCUT2D eigenvalue weighted by molar-refractivity contribution is -0.383. The number of hydrogen-bond donors (Lipinski definition) is 1. The lowest BCUT2D eigenvalue weighted by Crippen LogP contribution is -2.27. The number of rotatable bonds is 11. The molecule has 9 nitrogen and oxygen atoms in total. The van der Waals surface area contributed by atoms with Crippen molar-refractivity contribution in [1.82, 2.24) is 9.97 Å². The highest BCUT2D eigenvalue weighted by Gasteiger charge is 2.27. The van der Waals surface area contributed by atoms with Crippen molar-refractivity contribution in [1.29, 1.82) is 10.5 Å². The van der Waals surface area contributed by atoms with Gasteiger partial charge in [0.15, 0.2) is 0 Å². The Bertz CT molecular complexity index is 883. The van der Waals surface area contributed by atoms with Crippen LogP contribution in [0.5, 0.6) is 0 Å². The standard InChI is InChI=1S/C20H23N7O2/c1-2-3-6-16-7-9-17(10-8-16)25-19-18(27(28)29)20(24-15-23-19)26(13-4-11-21)14-5-12-22/h7-10,15H,2-6,13-14H2,1H3,(H,23,24,25). The second kappa shape index (κ2) is 11.2. The van der Waals surface area contributed by atoms with Gasteiger partial charge in [-0.2, -0.15) is 10.5 Å². The number of anilines is 3. The molecule has 2 rings (SSSR count). The Kier molecular flexibility index (Phi) is 8.33. The van der Waals surface area contributed by atoms with Gasteiger partial charge in [0.1, 0.15) is 6.33 Å². The van der Waals surface area contributed by atoms with Crippen LogP contribution >= 0.6 is 0 Å². The number of nitrogens with one attached hydrogen (secondary N) is 1. The van der Waals surface area contributed by atoms with Crippen LogP contribution in [0.3, 0.4) is 0 Å². The normalized spacial score (nSPS) is 10.0. The van der Waals surface area contributed by atoms with E-state index in [1.807, 2.05) is 36.4 Å². The van der Waals surface area contributed by atoms with Gasteiger partial charge >= 0.3 is 5.69 Å². The summed E-state index contributed by atoms with van der Waals surface area (Å²) in [5.74, 6) is 0.165. The lowest BCUT2D eigenvalue weighted by Gasteiger charge is -2.21. The van der Waals surface area contributed by atoms with Gasteiger partial charge in [0, 0.05) is 18.8 Å². The molecular formula is C20H23N7O2. The fourth-order valence-electron chi connectivity index (χ4n) is 2.83. The zero-order valence-corrected chi connectivity index (χ0v) is 16.3. The molecule has 0 amide bonds. The third-order valence-electron chi connectivity index (χ3n) is 4.31. The molecule has 150 valence electrons. The van der Waals surface area contributed by atoms with Crippen LogP contribution in [-0.2, 0) is 6.42 Å². The van der Waals surface area contributed by atoms with Crippen LogP contribution in [0.1, 0.15) is 38.2 Å². The highest BCUT2D eigenvalue weighted by molar-refractivity contribution is 5.74. The molecule has 0 fully saturated rings. The highest BCUT2D eigenvalue weighted by Crippen LogP contribution is 2.33. The number of hydrogen-bond acceptors (Lipinski definition) is 8. The van der Waals surface area contributed by atoms with Gasteiger partial charge in [-0.3, -0.25) is 10.1 Å². The molecule has 0 radical (unpaired) electrons. The van der Waals surface area contributed by atoms with Crippen molar-refractivity contribution in [2.45, 2.75) is 39.0 Å². The average Bonchev–Trinajstić information content (AvgIpc) is 2.73. The van der Waals surface area contributed by atoms with Crippen molar-refractivity contribution in [3.05, 3.63) is 46.3 Å². The summed E-state index contributed by atoms with van der Waals surface area (Å²) in [7, 11) is 0. The number of unbranched alkanes of at least 4 members (excludes halogenated alkanes) is 1. The summed E-state index contributed by atoms with van der Waals surface area (Å²) in [6.45, 7) is 2.61. The Morgan fingerprint density at radius 3 is 2.34 bits per heavy atom. The van der Waals surface area contributed by atoms with Crippen molar-refractivity contribution in [3.8, 4) is 12.1 Å². The summed E-state index contributed by atoms with van der Waals surface area (Å²) >= 11 is 0. The van der Waals surface area contributed by atoms with E-state index in [-0.39, 0.29) is 43.3 Å². The maximum Gasteiger partial charge on any atom is 0.353 e. The molecule has 0 saturated carbocycles. The van der Waals surface area contributed by atoms with Crippen molar-refractivity contribution >= 4 is 23.0 Å². The van der Waals surface area contributed by atoms with E-state index in [9.17, 15) is 10.1 Å². The van der Waals surface area contributed by atoms with Crippen molar-refractivity contribution in [3.63, 3.8) is 0 Å². The first kappa shape index (κ1) is 21.6. The molecule has 1 heterocycles. The molecule has 0 aliphatic carbocycles.